The average molecular weight is 217 g/mol. The number of hydrogen-bond donors (Lipinski definition) is 1. The van der Waals surface area contributed by atoms with Crippen LogP contribution in [0.15, 0.2) is 0 Å². The van der Waals surface area contributed by atoms with Gasteiger partial charge in [0.05, 0.1) is 0 Å². The summed E-state index contributed by atoms with van der Waals surface area (Å²) in [5.41, 5.74) is 5.93. The smallest absolute Gasteiger partial charge is 0.0473 e. The van der Waals surface area contributed by atoms with Gasteiger partial charge >= 0.3 is 0 Å². The summed E-state index contributed by atoms with van der Waals surface area (Å²) in [5, 5.41) is 0.597. The normalized spacial score (nSPS) is 25.6. The molecule has 0 aromatic rings. The number of hydrogen-bond acceptors (Lipinski definition) is 2. The molecule has 0 spiro atoms. The Kier molecular flexibility index (Phi) is 5.10. The summed E-state index contributed by atoms with van der Waals surface area (Å²) in [5.74, 6) is 0. The van der Waals surface area contributed by atoms with Crippen LogP contribution < -0.4 is 5.73 Å². The van der Waals surface area contributed by atoms with Gasteiger partial charge in [0.25, 0.3) is 0 Å². The molecule has 1 aliphatic carbocycles. The molecule has 2 nitrogen and oxygen atoms in total. The Bertz CT molecular complexity index is 186. The summed E-state index contributed by atoms with van der Waals surface area (Å²) < 4.78 is 12.1. The van der Waals surface area contributed by atoms with Crippen molar-refractivity contribution in [2.75, 3.05) is 0 Å². The molecule has 0 aromatic heterocycles. The van der Waals surface area contributed by atoms with Crippen LogP contribution in [0.3, 0.4) is 0 Å². The Hall–Kier alpha value is 0.110. The van der Waals surface area contributed by atoms with Gasteiger partial charge in [-0.25, -0.2) is 0 Å². The summed E-state index contributed by atoms with van der Waals surface area (Å²) >= 11 is 0. The maximum absolute atomic E-state index is 12.1. The zero-order chi connectivity index (χ0) is 10.6. The van der Waals surface area contributed by atoms with E-state index in [1.54, 1.807) is 0 Å². The second kappa shape index (κ2) is 5.86. The van der Waals surface area contributed by atoms with Crippen LogP contribution in [0.5, 0.6) is 0 Å². The highest BCUT2D eigenvalue weighted by atomic mass is 32.2. The third kappa shape index (κ3) is 3.06. The van der Waals surface area contributed by atoms with E-state index in [0.29, 0.717) is 5.25 Å². The van der Waals surface area contributed by atoms with Crippen LogP contribution in [-0.4, -0.2) is 20.8 Å². The van der Waals surface area contributed by atoms with Gasteiger partial charge in [-0.1, -0.05) is 26.2 Å². The van der Waals surface area contributed by atoms with Gasteiger partial charge in [-0.3, -0.25) is 4.21 Å². The third-order valence-corrected chi connectivity index (χ3v) is 5.53. The van der Waals surface area contributed by atoms with E-state index in [1.807, 2.05) is 6.92 Å². The Morgan fingerprint density at radius 2 is 1.93 bits per heavy atom. The van der Waals surface area contributed by atoms with Gasteiger partial charge in [0.2, 0.25) is 0 Å². The number of rotatable bonds is 4. The van der Waals surface area contributed by atoms with E-state index in [9.17, 15) is 4.21 Å². The lowest BCUT2D eigenvalue weighted by atomic mass is 10.0. The van der Waals surface area contributed by atoms with Crippen molar-refractivity contribution in [3.8, 4) is 0 Å². The Balaban J connectivity index is 2.46. The lowest BCUT2D eigenvalue weighted by molar-refractivity contribution is 0.497. The van der Waals surface area contributed by atoms with Gasteiger partial charge in [0.15, 0.2) is 0 Å². The van der Waals surface area contributed by atoms with Crippen LogP contribution in [0.4, 0.5) is 0 Å². The first-order valence-electron chi connectivity index (χ1n) is 5.81. The summed E-state index contributed by atoms with van der Waals surface area (Å²) in [7, 11) is -0.706. The van der Waals surface area contributed by atoms with E-state index in [0.717, 1.165) is 19.3 Å². The lowest BCUT2D eigenvalue weighted by Crippen LogP contribution is -2.39. The SMILES string of the molecule is CCC(N)C(C)S(=O)C1CCCCC1. The van der Waals surface area contributed by atoms with E-state index in [4.69, 9.17) is 5.73 Å². The molecule has 0 radical (unpaired) electrons. The molecule has 0 aliphatic heterocycles. The highest BCUT2D eigenvalue weighted by Gasteiger charge is 2.26. The fourth-order valence-corrected chi connectivity index (χ4v) is 4.05. The first-order chi connectivity index (χ1) is 6.66. The van der Waals surface area contributed by atoms with Crippen molar-refractivity contribution < 1.29 is 4.21 Å². The zero-order valence-electron chi connectivity index (χ0n) is 9.37. The topological polar surface area (TPSA) is 43.1 Å². The molecule has 0 heterocycles. The second-order valence-electron chi connectivity index (χ2n) is 4.37. The molecule has 3 heteroatoms. The van der Waals surface area contributed by atoms with E-state index in [1.165, 1.54) is 19.3 Å². The molecule has 3 atom stereocenters. The Morgan fingerprint density at radius 3 is 2.43 bits per heavy atom. The standard InChI is InChI=1S/C11H23NOS/c1-3-11(12)9(2)14(13)10-7-5-4-6-8-10/h9-11H,3-8,12H2,1-2H3. The van der Waals surface area contributed by atoms with E-state index in [2.05, 4.69) is 6.92 Å². The lowest BCUT2D eigenvalue weighted by Gasteiger charge is -2.26. The third-order valence-electron chi connectivity index (χ3n) is 3.32. The van der Waals surface area contributed by atoms with Crippen molar-refractivity contribution in [1.29, 1.82) is 0 Å². The van der Waals surface area contributed by atoms with E-state index in [-0.39, 0.29) is 11.3 Å². The molecule has 1 aliphatic rings. The predicted molar refractivity (Wildman–Crippen MR) is 62.7 cm³/mol. The molecule has 3 unspecified atom stereocenters. The molecule has 1 saturated carbocycles. The van der Waals surface area contributed by atoms with Crippen LogP contribution in [0.1, 0.15) is 52.4 Å². The molecule has 0 bridgehead atoms. The van der Waals surface area contributed by atoms with Gasteiger partial charge in [-0.05, 0) is 26.2 Å². The minimum absolute atomic E-state index is 0.109. The minimum atomic E-state index is -0.706. The molecule has 0 aromatic carbocycles. The summed E-state index contributed by atoms with van der Waals surface area (Å²) in [6, 6.07) is 0.109. The summed E-state index contributed by atoms with van der Waals surface area (Å²) in [4.78, 5) is 0. The van der Waals surface area contributed by atoms with E-state index < -0.39 is 10.8 Å². The Morgan fingerprint density at radius 1 is 1.36 bits per heavy atom. The molecular formula is C11H23NOS. The van der Waals surface area contributed by atoms with Crippen molar-refractivity contribution in [1.82, 2.24) is 0 Å². The minimum Gasteiger partial charge on any atom is -0.327 e. The van der Waals surface area contributed by atoms with Gasteiger partial charge in [0.1, 0.15) is 0 Å². The average Bonchev–Trinajstić information content (AvgIpc) is 2.27. The van der Waals surface area contributed by atoms with Crippen LogP contribution in [0, 0.1) is 0 Å². The van der Waals surface area contributed by atoms with Gasteiger partial charge in [-0.2, -0.15) is 0 Å². The first kappa shape index (κ1) is 12.2. The molecular weight excluding hydrogens is 194 g/mol. The molecule has 0 saturated heterocycles. The molecule has 0 amide bonds. The maximum atomic E-state index is 12.1. The van der Waals surface area contributed by atoms with Gasteiger partial charge in [0, 0.05) is 27.3 Å². The summed E-state index contributed by atoms with van der Waals surface area (Å²) in [6.07, 6.45) is 7.05. The van der Waals surface area contributed by atoms with Crippen LogP contribution in [-0.2, 0) is 10.8 Å². The van der Waals surface area contributed by atoms with Crippen molar-refractivity contribution in [3.63, 3.8) is 0 Å². The van der Waals surface area contributed by atoms with Crippen molar-refractivity contribution in [2.45, 2.75) is 68.9 Å². The highest BCUT2D eigenvalue weighted by molar-refractivity contribution is 7.86. The number of nitrogens with two attached hydrogens (primary N) is 1. The Labute approximate surface area is 90.1 Å². The van der Waals surface area contributed by atoms with Crippen molar-refractivity contribution in [3.05, 3.63) is 0 Å². The quantitative estimate of drug-likeness (QED) is 0.784. The van der Waals surface area contributed by atoms with Crippen molar-refractivity contribution >= 4 is 10.8 Å². The van der Waals surface area contributed by atoms with Gasteiger partial charge in [-0.15, -0.1) is 0 Å². The van der Waals surface area contributed by atoms with E-state index >= 15 is 0 Å². The molecule has 1 fully saturated rings. The molecule has 2 N–H and O–H groups in total. The zero-order valence-corrected chi connectivity index (χ0v) is 10.2. The molecule has 84 valence electrons. The fourth-order valence-electron chi connectivity index (χ4n) is 2.11. The van der Waals surface area contributed by atoms with Crippen LogP contribution >= 0.6 is 0 Å². The monoisotopic (exact) mass is 217 g/mol. The fraction of sp³-hybridized carbons (Fsp3) is 1.00. The highest BCUT2D eigenvalue weighted by Crippen LogP contribution is 2.24. The largest absolute Gasteiger partial charge is 0.327 e. The molecule has 14 heavy (non-hydrogen) atoms. The molecule has 1 rings (SSSR count). The maximum Gasteiger partial charge on any atom is 0.0473 e. The predicted octanol–water partition coefficient (Wildman–Crippen LogP) is 2.19. The second-order valence-corrected chi connectivity index (χ2v) is 6.43. The van der Waals surface area contributed by atoms with Crippen LogP contribution in [0.2, 0.25) is 0 Å². The summed E-state index contributed by atoms with van der Waals surface area (Å²) in [6.45, 7) is 4.11. The van der Waals surface area contributed by atoms with Crippen LogP contribution in [0.25, 0.3) is 0 Å². The van der Waals surface area contributed by atoms with Crippen molar-refractivity contribution in [2.24, 2.45) is 5.73 Å². The first-order valence-corrected chi connectivity index (χ1v) is 7.09. The van der Waals surface area contributed by atoms with Gasteiger partial charge < -0.3 is 5.73 Å².